The van der Waals surface area contributed by atoms with Gasteiger partial charge in [0.05, 0.1) is 12.2 Å². The van der Waals surface area contributed by atoms with Crippen molar-refractivity contribution in [2.75, 3.05) is 6.61 Å². The van der Waals surface area contributed by atoms with Crippen LogP contribution in [0.3, 0.4) is 0 Å². The quantitative estimate of drug-likeness (QED) is 0.910. The first kappa shape index (κ1) is 15.1. The van der Waals surface area contributed by atoms with E-state index in [-0.39, 0.29) is 23.4 Å². The van der Waals surface area contributed by atoms with Gasteiger partial charge in [0.1, 0.15) is 5.75 Å². The largest absolute Gasteiger partial charge is 0.493 e. The lowest BCUT2D eigenvalue weighted by Crippen LogP contribution is -2.37. The Kier molecular flexibility index (Phi) is 4.02. The number of aromatic carboxylic acids is 1. The SMILES string of the molecule is CC(NC(=O)c1ccc(C(=O)O)cc1)C1COc2ccccc21. The van der Waals surface area contributed by atoms with Crippen molar-refractivity contribution in [3.63, 3.8) is 0 Å². The lowest BCUT2D eigenvalue weighted by molar-refractivity contribution is 0.0696. The smallest absolute Gasteiger partial charge is 0.335 e. The summed E-state index contributed by atoms with van der Waals surface area (Å²) < 4.78 is 5.65. The summed E-state index contributed by atoms with van der Waals surface area (Å²) in [5, 5.41) is 11.8. The number of fused-ring (bicyclic) bond motifs is 1. The van der Waals surface area contributed by atoms with Gasteiger partial charge in [-0.25, -0.2) is 4.79 Å². The molecule has 3 rings (SSSR count). The topological polar surface area (TPSA) is 75.6 Å². The summed E-state index contributed by atoms with van der Waals surface area (Å²) in [7, 11) is 0. The summed E-state index contributed by atoms with van der Waals surface area (Å²) in [6.07, 6.45) is 0. The monoisotopic (exact) mass is 311 g/mol. The number of para-hydroxylation sites is 1. The minimum absolute atomic E-state index is 0.0923. The second-order valence-electron chi connectivity index (χ2n) is 5.60. The van der Waals surface area contributed by atoms with E-state index < -0.39 is 5.97 Å². The highest BCUT2D eigenvalue weighted by Crippen LogP contribution is 2.35. The Hall–Kier alpha value is -2.82. The number of hydrogen-bond acceptors (Lipinski definition) is 3. The van der Waals surface area contributed by atoms with Crippen molar-refractivity contribution >= 4 is 11.9 Å². The van der Waals surface area contributed by atoms with Crippen LogP contribution in [0.1, 0.15) is 39.1 Å². The zero-order valence-corrected chi connectivity index (χ0v) is 12.7. The zero-order chi connectivity index (χ0) is 16.4. The number of carbonyl (C=O) groups excluding carboxylic acids is 1. The molecule has 0 aliphatic carbocycles. The first-order valence-corrected chi connectivity index (χ1v) is 7.42. The molecule has 1 aliphatic heterocycles. The first-order chi connectivity index (χ1) is 11.1. The number of ether oxygens (including phenoxy) is 1. The third-order valence-electron chi connectivity index (χ3n) is 4.09. The lowest BCUT2D eigenvalue weighted by Gasteiger charge is -2.20. The maximum absolute atomic E-state index is 12.3. The second-order valence-corrected chi connectivity index (χ2v) is 5.60. The van der Waals surface area contributed by atoms with Crippen molar-refractivity contribution in [2.45, 2.75) is 18.9 Å². The number of nitrogens with one attached hydrogen (secondary N) is 1. The van der Waals surface area contributed by atoms with E-state index in [4.69, 9.17) is 9.84 Å². The number of carboxylic acid groups (broad SMARTS) is 1. The highest BCUT2D eigenvalue weighted by atomic mass is 16.5. The van der Waals surface area contributed by atoms with Gasteiger partial charge in [-0.15, -0.1) is 0 Å². The number of carbonyl (C=O) groups is 2. The summed E-state index contributed by atoms with van der Waals surface area (Å²) in [4.78, 5) is 23.1. The maximum atomic E-state index is 12.3. The predicted molar refractivity (Wildman–Crippen MR) is 85.0 cm³/mol. The Morgan fingerprint density at radius 1 is 1.13 bits per heavy atom. The van der Waals surface area contributed by atoms with Crippen LogP contribution in [0, 0.1) is 0 Å². The van der Waals surface area contributed by atoms with Gasteiger partial charge in [-0.05, 0) is 37.3 Å². The molecule has 1 heterocycles. The van der Waals surface area contributed by atoms with Gasteiger partial charge < -0.3 is 15.2 Å². The molecule has 2 atom stereocenters. The van der Waals surface area contributed by atoms with Crippen molar-refractivity contribution in [1.29, 1.82) is 0 Å². The Labute approximate surface area is 133 Å². The Bertz CT molecular complexity index is 739. The molecule has 0 saturated heterocycles. The molecule has 1 amide bonds. The van der Waals surface area contributed by atoms with Crippen LogP contribution in [0.2, 0.25) is 0 Å². The van der Waals surface area contributed by atoms with Crippen LogP contribution in [-0.2, 0) is 0 Å². The third-order valence-corrected chi connectivity index (χ3v) is 4.09. The molecule has 23 heavy (non-hydrogen) atoms. The summed E-state index contributed by atoms with van der Waals surface area (Å²) in [6, 6.07) is 13.6. The van der Waals surface area contributed by atoms with Crippen molar-refractivity contribution < 1.29 is 19.4 Å². The Morgan fingerprint density at radius 2 is 1.78 bits per heavy atom. The van der Waals surface area contributed by atoms with E-state index >= 15 is 0 Å². The molecular formula is C18H17NO4. The summed E-state index contributed by atoms with van der Waals surface area (Å²) in [6.45, 7) is 2.48. The van der Waals surface area contributed by atoms with E-state index in [9.17, 15) is 9.59 Å². The maximum Gasteiger partial charge on any atom is 0.335 e. The molecule has 0 bridgehead atoms. The molecule has 118 valence electrons. The molecule has 0 spiro atoms. The van der Waals surface area contributed by atoms with Gasteiger partial charge in [-0.3, -0.25) is 4.79 Å². The fourth-order valence-corrected chi connectivity index (χ4v) is 2.76. The summed E-state index contributed by atoms with van der Waals surface area (Å²) in [5.74, 6) is -0.262. The van der Waals surface area contributed by atoms with Crippen LogP contribution < -0.4 is 10.1 Å². The first-order valence-electron chi connectivity index (χ1n) is 7.42. The van der Waals surface area contributed by atoms with Gasteiger partial charge in [0, 0.05) is 23.1 Å². The predicted octanol–water partition coefficient (Wildman–Crippen LogP) is 2.68. The summed E-state index contributed by atoms with van der Waals surface area (Å²) >= 11 is 0. The minimum Gasteiger partial charge on any atom is -0.493 e. The van der Waals surface area contributed by atoms with Gasteiger partial charge in [-0.2, -0.15) is 0 Å². The number of hydrogen-bond donors (Lipinski definition) is 2. The highest BCUT2D eigenvalue weighted by Gasteiger charge is 2.29. The van der Waals surface area contributed by atoms with Crippen LogP contribution in [0.25, 0.3) is 0 Å². The average Bonchev–Trinajstić information content (AvgIpc) is 2.99. The Morgan fingerprint density at radius 3 is 2.48 bits per heavy atom. The fourth-order valence-electron chi connectivity index (χ4n) is 2.76. The molecule has 0 saturated carbocycles. The lowest BCUT2D eigenvalue weighted by atomic mass is 9.94. The van der Waals surface area contributed by atoms with Gasteiger partial charge >= 0.3 is 5.97 Å². The van der Waals surface area contributed by atoms with E-state index in [2.05, 4.69) is 5.32 Å². The standard InChI is InChI=1S/C18H17NO4/c1-11(15-10-23-16-5-3-2-4-14(15)16)19-17(20)12-6-8-13(9-7-12)18(21)22/h2-9,11,15H,10H2,1H3,(H,19,20)(H,21,22). The normalized spacial score (nSPS) is 17.0. The second kappa shape index (κ2) is 6.12. The van der Waals surface area contributed by atoms with Gasteiger partial charge in [0.2, 0.25) is 0 Å². The van der Waals surface area contributed by atoms with Crippen molar-refractivity contribution in [3.05, 3.63) is 65.2 Å². The Balaban J connectivity index is 1.69. The molecule has 5 heteroatoms. The van der Waals surface area contributed by atoms with Crippen molar-refractivity contribution in [2.24, 2.45) is 0 Å². The molecule has 0 fully saturated rings. The molecule has 2 unspecified atom stereocenters. The van der Waals surface area contributed by atoms with E-state index in [1.54, 1.807) is 0 Å². The molecule has 2 aromatic carbocycles. The average molecular weight is 311 g/mol. The van der Waals surface area contributed by atoms with E-state index in [1.807, 2.05) is 31.2 Å². The highest BCUT2D eigenvalue weighted by molar-refractivity contribution is 5.96. The van der Waals surface area contributed by atoms with Crippen molar-refractivity contribution in [3.8, 4) is 5.75 Å². The van der Waals surface area contributed by atoms with E-state index in [0.717, 1.165) is 11.3 Å². The molecule has 1 aliphatic rings. The van der Waals surface area contributed by atoms with Gasteiger partial charge in [-0.1, -0.05) is 18.2 Å². The van der Waals surface area contributed by atoms with Crippen molar-refractivity contribution in [1.82, 2.24) is 5.32 Å². The number of benzene rings is 2. The van der Waals surface area contributed by atoms with E-state index in [0.29, 0.717) is 12.2 Å². The summed E-state index contributed by atoms with van der Waals surface area (Å²) in [5.41, 5.74) is 1.70. The van der Waals surface area contributed by atoms with Gasteiger partial charge in [0.15, 0.2) is 0 Å². The third kappa shape index (κ3) is 3.04. The van der Waals surface area contributed by atoms with Crippen LogP contribution in [0.4, 0.5) is 0 Å². The van der Waals surface area contributed by atoms with Gasteiger partial charge in [0.25, 0.3) is 5.91 Å². The molecule has 2 aromatic rings. The molecular weight excluding hydrogens is 294 g/mol. The molecule has 0 aromatic heterocycles. The van der Waals surface area contributed by atoms with Crippen LogP contribution in [0.5, 0.6) is 5.75 Å². The molecule has 2 N–H and O–H groups in total. The molecule has 0 radical (unpaired) electrons. The number of carboxylic acids is 1. The number of amides is 1. The molecule has 5 nitrogen and oxygen atoms in total. The van der Waals surface area contributed by atoms with E-state index in [1.165, 1.54) is 24.3 Å². The van der Waals surface area contributed by atoms with Crippen LogP contribution in [0.15, 0.2) is 48.5 Å². The van der Waals surface area contributed by atoms with Crippen LogP contribution >= 0.6 is 0 Å². The fraction of sp³-hybridized carbons (Fsp3) is 0.222. The minimum atomic E-state index is -1.01. The zero-order valence-electron chi connectivity index (χ0n) is 12.7. The van der Waals surface area contributed by atoms with Crippen LogP contribution in [-0.4, -0.2) is 29.6 Å². The number of rotatable bonds is 4.